The standard InChI is InChI=1S/C25H32N2O4/c1-18(2)24(28)26-12-10-19(11-13-26)22-16-27(25(29)23-9-6-14-30-23)15-20(22)17-31-21-7-4-3-5-8-21/h3-9,14,18-20,22H,10-13,15-17H2,1-2H3/t20-,22-/m0/s1. The first-order valence-electron chi connectivity index (χ1n) is 11.3. The maximum atomic E-state index is 12.9. The number of hydrogen-bond acceptors (Lipinski definition) is 4. The fraction of sp³-hybridized carbons (Fsp3) is 0.520. The van der Waals surface area contributed by atoms with Crippen molar-refractivity contribution in [3.05, 3.63) is 54.5 Å². The number of benzene rings is 1. The molecule has 6 heteroatoms. The van der Waals surface area contributed by atoms with Crippen LogP contribution < -0.4 is 4.74 Å². The monoisotopic (exact) mass is 424 g/mol. The zero-order valence-electron chi connectivity index (χ0n) is 18.4. The molecule has 3 heterocycles. The summed E-state index contributed by atoms with van der Waals surface area (Å²) in [5, 5.41) is 0. The van der Waals surface area contributed by atoms with Crippen molar-refractivity contribution in [1.29, 1.82) is 0 Å². The molecule has 1 aromatic heterocycles. The number of carbonyl (C=O) groups is 2. The van der Waals surface area contributed by atoms with Gasteiger partial charge in [0, 0.05) is 38.0 Å². The topological polar surface area (TPSA) is 63.0 Å². The summed E-state index contributed by atoms with van der Waals surface area (Å²) in [5.74, 6) is 2.57. The third-order valence-corrected chi connectivity index (χ3v) is 6.67. The van der Waals surface area contributed by atoms with Crippen molar-refractivity contribution in [3.8, 4) is 5.75 Å². The molecule has 0 N–H and O–H groups in total. The molecule has 0 saturated carbocycles. The van der Waals surface area contributed by atoms with E-state index in [4.69, 9.17) is 9.15 Å². The van der Waals surface area contributed by atoms with E-state index in [1.807, 2.05) is 54.0 Å². The molecule has 0 aliphatic carbocycles. The van der Waals surface area contributed by atoms with Crippen molar-refractivity contribution in [1.82, 2.24) is 9.80 Å². The molecule has 0 unspecified atom stereocenters. The summed E-state index contributed by atoms with van der Waals surface area (Å²) in [7, 11) is 0. The van der Waals surface area contributed by atoms with Gasteiger partial charge in [0.1, 0.15) is 5.75 Å². The molecule has 0 radical (unpaired) electrons. The Bertz CT molecular complexity index is 857. The predicted octanol–water partition coefficient (Wildman–Crippen LogP) is 3.94. The highest BCUT2D eigenvalue weighted by atomic mass is 16.5. The van der Waals surface area contributed by atoms with E-state index < -0.39 is 0 Å². The molecule has 2 atom stereocenters. The van der Waals surface area contributed by atoms with Gasteiger partial charge >= 0.3 is 0 Å². The third kappa shape index (κ3) is 4.94. The van der Waals surface area contributed by atoms with Crippen LogP contribution in [0.15, 0.2) is 53.1 Å². The summed E-state index contributed by atoms with van der Waals surface area (Å²) >= 11 is 0. The quantitative estimate of drug-likeness (QED) is 0.705. The van der Waals surface area contributed by atoms with Gasteiger partial charge in [-0.2, -0.15) is 0 Å². The fourth-order valence-corrected chi connectivity index (χ4v) is 4.96. The van der Waals surface area contributed by atoms with Crippen molar-refractivity contribution >= 4 is 11.8 Å². The van der Waals surface area contributed by atoms with E-state index in [1.165, 1.54) is 6.26 Å². The number of amides is 2. The van der Waals surface area contributed by atoms with Crippen molar-refractivity contribution in [2.75, 3.05) is 32.8 Å². The van der Waals surface area contributed by atoms with Crippen molar-refractivity contribution in [2.45, 2.75) is 26.7 Å². The van der Waals surface area contributed by atoms with Gasteiger partial charge in [-0.3, -0.25) is 9.59 Å². The lowest BCUT2D eigenvalue weighted by molar-refractivity contribution is -0.136. The Kier molecular flexibility index (Phi) is 6.64. The van der Waals surface area contributed by atoms with Crippen LogP contribution in [-0.4, -0.2) is 54.4 Å². The van der Waals surface area contributed by atoms with Gasteiger partial charge in [0.2, 0.25) is 5.91 Å². The van der Waals surface area contributed by atoms with Crippen LogP contribution >= 0.6 is 0 Å². The minimum atomic E-state index is -0.0513. The second-order valence-electron chi connectivity index (χ2n) is 9.05. The number of piperidine rings is 1. The molecule has 0 bridgehead atoms. The molecule has 2 saturated heterocycles. The Labute approximate surface area is 184 Å². The molecule has 0 spiro atoms. The molecule has 2 amide bonds. The number of nitrogens with zero attached hydrogens (tertiary/aromatic N) is 2. The second-order valence-corrected chi connectivity index (χ2v) is 9.05. The molecule has 2 aliphatic heterocycles. The van der Waals surface area contributed by atoms with Crippen LogP contribution in [0, 0.1) is 23.7 Å². The molecule has 2 aromatic rings. The first-order valence-corrected chi connectivity index (χ1v) is 11.3. The van der Waals surface area contributed by atoms with Crippen LogP contribution in [0.3, 0.4) is 0 Å². The lowest BCUT2D eigenvalue weighted by Crippen LogP contribution is -2.43. The zero-order chi connectivity index (χ0) is 21.8. The smallest absolute Gasteiger partial charge is 0.289 e. The highest BCUT2D eigenvalue weighted by Crippen LogP contribution is 2.37. The first kappa shape index (κ1) is 21.5. The van der Waals surface area contributed by atoms with Gasteiger partial charge in [-0.05, 0) is 48.9 Å². The Morgan fingerprint density at radius 2 is 1.77 bits per heavy atom. The minimum absolute atomic E-state index is 0.0384. The van der Waals surface area contributed by atoms with E-state index in [1.54, 1.807) is 12.1 Å². The second kappa shape index (κ2) is 9.58. The molecule has 2 aliphatic rings. The van der Waals surface area contributed by atoms with Gasteiger partial charge < -0.3 is 19.0 Å². The number of carbonyl (C=O) groups excluding carboxylic acids is 2. The Morgan fingerprint density at radius 3 is 2.42 bits per heavy atom. The molecule has 1 aromatic carbocycles. The summed E-state index contributed by atoms with van der Waals surface area (Å²) in [6.45, 7) is 7.49. The lowest BCUT2D eigenvalue weighted by Gasteiger charge is -2.37. The van der Waals surface area contributed by atoms with Crippen molar-refractivity contribution < 1.29 is 18.7 Å². The van der Waals surface area contributed by atoms with Crippen LogP contribution in [0.5, 0.6) is 5.75 Å². The highest BCUT2D eigenvalue weighted by Gasteiger charge is 2.42. The maximum absolute atomic E-state index is 12.9. The van der Waals surface area contributed by atoms with E-state index in [2.05, 4.69) is 0 Å². The number of furan rings is 1. The van der Waals surface area contributed by atoms with E-state index >= 15 is 0 Å². The van der Waals surface area contributed by atoms with Crippen LogP contribution in [0.2, 0.25) is 0 Å². The molecule has 31 heavy (non-hydrogen) atoms. The highest BCUT2D eigenvalue weighted by molar-refractivity contribution is 5.91. The largest absolute Gasteiger partial charge is 0.493 e. The summed E-state index contributed by atoms with van der Waals surface area (Å²) in [6.07, 6.45) is 3.50. The number of likely N-dealkylation sites (tertiary alicyclic amines) is 2. The Morgan fingerprint density at radius 1 is 1.03 bits per heavy atom. The minimum Gasteiger partial charge on any atom is -0.493 e. The normalized spacial score (nSPS) is 22.2. The summed E-state index contributed by atoms with van der Waals surface area (Å²) in [5.41, 5.74) is 0. The number of ether oxygens (including phenoxy) is 1. The van der Waals surface area contributed by atoms with Gasteiger partial charge in [0.25, 0.3) is 5.91 Å². The van der Waals surface area contributed by atoms with Crippen LogP contribution in [0.4, 0.5) is 0 Å². The third-order valence-electron chi connectivity index (χ3n) is 6.67. The fourth-order valence-electron chi connectivity index (χ4n) is 4.96. The van der Waals surface area contributed by atoms with E-state index in [0.717, 1.165) is 31.7 Å². The lowest BCUT2D eigenvalue weighted by atomic mass is 9.78. The van der Waals surface area contributed by atoms with E-state index in [9.17, 15) is 9.59 Å². The number of rotatable bonds is 6. The van der Waals surface area contributed by atoms with Crippen molar-refractivity contribution in [2.24, 2.45) is 23.7 Å². The summed E-state index contributed by atoms with van der Waals surface area (Å²) in [6, 6.07) is 13.3. The molecule has 166 valence electrons. The summed E-state index contributed by atoms with van der Waals surface area (Å²) < 4.78 is 11.4. The Balaban J connectivity index is 1.43. The van der Waals surface area contributed by atoms with Gasteiger partial charge in [-0.25, -0.2) is 0 Å². The zero-order valence-corrected chi connectivity index (χ0v) is 18.4. The van der Waals surface area contributed by atoms with Crippen molar-refractivity contribution in [3.63, 3.8) is 0 Å². The SMILES string of the molecule is CC(C)C(=O)N1CCC([C@@H]2CN(C(=O)c3ccco3)C[C@H]2COc2ccccc2)CC1. The average molecular weight is 425 g/mol. The van der Waals surface area contributed by atoms with E-state index in [0.29, 0.717) is 37.3 Å². The number of hydrogen-bond donors (Lipinski definition) is 0. The van der Waals surface area contributed by atoms with Gasteiger partial charge in [-0.1, -0.05) is 32.0 Å². The van der Waals surface area contributed by atoms with Gasteiger partial charge in [0.05, 0.1) is 12.9 Å². The molecule has 4 rings (SSSR count). The molecule has 2 fully saturated rings. The van der Waals surface area contributed by atoms with Crippen LogP contribution in [0.25, 0.3) is 0 Å². The molecular weight excluding hydrogens is 392 g/mol. The Hall–Kier alpha value is -2.76. The van der Waals surface area contributed by atoms with Gasteiger partial charge in [0.15, 0.2) is 5.76 Å². The first-order chi connectivity index (χ1) is 15.0. The van der Waals surface area contributed by atoms with Crippen LogP contribution in [-0.2, 0) is 4.79 Å². The van der Waals surface area contributed by atoms with E-state index in [-0.39, 0.29) is 23.7 Å². The van der Waals surface area contributed by atoms with Crippen LogP contribution in [0.1, 0.15) is 37.2 Å². The maximum Gasteiger partial charge on any atom is 0.289 e. The molecular formula is C25H32N2O4. The average Bonchev–Trinajstić information content (AvgIpc) is 3.48. The number of para-hydroxylation sites is 1. The summed E-state index contributed by atoms with van der Waals surface area (Å²) in [4.78, 5) is 29.2. The predicted molar refractivity (Wildman–Crippen MR) is 118 cm³/mol. The van der Waals surface area contributed by atoms with Gasteiger partial charge in [-0.15, -0.1) is 0 Å². The molecule has 6 nitrogen and oxygen atoms in total.